The lowest BCUT2D eigenvalue weighted by atomic mass is 10.2. The second kappa shape index (κ2) is 9.51. The number of carbonyl (C=O) groups excluding carboxylic acids is 1. The van der Waals surface area contributed by atoms with Gasteiger partial charge in [-0.05, 0) is 37.6 Å². The normalized spacial score (nSPS) is 10.3. The van der Waals surface area contributed by atoms with Crippen LogP contribution in [0.5, 0.6) is 5.75 Å². The number of anilines is 1. The van der Waals surface area contributed by atoms with Crippen LogP contribution in [0.4, 0.5) is 15.8 Å². The summed E-state index contributed by atoms with van der Waals surface area (Å²) >= 11 is 0. The van der Waals surface area contributed by atoms with E-state index in [9.17, 15) is 19.3 Å². The maximum atomic E-state index is 13.2. The fourth-order valence-corrected chi connectivity index (χ4v) is 2.57. The van der Waals surface area contributed by atoms with Crippen LogP contribution in [0.3, 0.4) is 0 Å². The topological polar surface area (TPSA) is 84.7 Å². The molecule has 144 valence electrons. The molecule has 1 N–H and O–H groups in total. The number of likely N-dealkylation sites (N-methyl/N-ethyl adjacent to an activating group) is 1. The lowest BCUT2D eigenvalue weighted by molar-refractivity contribution is -0.385. The van der Waals surface area contributed by atoms with Crippen molar-refractivity contribution in [1.82, 2.24) is 5.32 Å². The van der Waals surface area contributed by atoms with Gasteiger partial charge in [0.1, 0.15) is 5.82 Å². The summed E-state index contributed by atoms with van der Waals surface area (Å²) in [6.07, 6.45) is 0. The first-order valence-electron chi connectivity index (χ1n) is 8.55. The molecule has 8 heteroatoms. The van der Waals surface area contributed by atoms with Gasteiger partial charge in [-0.1, -0.05) is 12.1 Å². The summed E-state index contributed by atoms with van der Waals surface area (Å²) in [6, 6.07) is 10.9. The number of hydrogen-bond acceptors (Lipinski definition) is 5. The van der Waals surface area contributed by atoms with Crippen molar-refractivity contribution in [3.8, 4) is 5.75 Å². The van der Waals surface area contributed by atoms with E-state index in [0.29, 0.717) is 13.1 Å². The van der Waals surface area contributed by atoms with Crippen LogP contribution in [0.1, 0.15) is 12.5 Å². The third-order valence-corrected chi connectivity index (χ3v) is 3.93. The lowest BCUT2D eigenvalue weighted by Crippen LogP contribution is -2.37. The second-order valence-electron chi connectivity index (χ2n) is 5.93. The van der Waals surface area contributed by atoms with Crippen LogP contribution in [0.15, 0.2) is 42.5 Å². The first-order chi connectivity index (χ1) is 12.9. The number of ether oxygens (including phenoxy) is 1. The predicted molar refractivity (Wildman–Crippen MR) is 101 cm³/mol. The minimum Gasteiger partial charge on any atom is -0.477 e. The van der Waals surface area contributed by atoms with E-state index in [1.165, 1.54) is 0 Å². The number of nitro groups is 1. The van der Waals surface area contributed by atoms with Crippen molar-refractivity contribution >= 4 is 17.3 Å². The van der Waals surface area contributed by atoms with Crippen LogP contribution in [0.25, 0.3) is 0 Å². The van der Waals surface area contributed by atoms with Gasteiger partial charge in [0.2, 0.25) is 5.75 Å². The molecule has 0 saturated heterocycles. The molecule has 0 fully saturated rings. The quantitative estimate of drug-likeness (QED) is 0.538. The molecular weight excluding hydrogens is 353 g/mol. The summed E-state index contributed by atoms with van der Waals surface area (Å²) in [6.45, 7) is 5.38. The van der Waals surface area contributed by atoms with Gasteiger partial charge < -0.3 is 15.0 Å². The van der Waals surface area contributed by atoms with E-state index in [0.717, 1.165) is 36.0 Å². The molecule has 0 spiro atoms. The van der Waals surface area contributed by atoms with Crippen LogP contribution in [0, 0.1) is 22.9 Å². The zero-order valence-electron chi connectivity index (χ0n) is 15.3. The van der Waals surface area contributed by atoms with Gasteiger partial charge in [0.05, 0.1) is 4.92 Å². The minimum absolute atomic E-state index is 0.273. The maximum Gasteiger partial charge on any atom is 0.311 e. The van der Waals surface area contributed by atoms with Crippen molar-refractivity contribution in [3.05, 3.63) is 64.0 Å². The molecule has 2 aromatic rings. The van der Waals surface area contributed by atoms with E-state index in [-0.39, 0.29) is 11.4 Å². The fourth-order valence-electron chi connectivity index (χ4n) is 2.57. The Hall–Kier alpha value is -3.16. The minimum atomic E-state index is -0.687. The lowest BCUT2D eigenvalue weighted by Gasteiger charge is -2.23. The highest BCUT2D eigenvalue weighted by Gasteiger charge is 2.17. The fraction of sp³-hybridized carbons (Fsp3) is 0.316. The first-order valence-corrected chi connectivity index (χ1v) is 8.55. The Morgan fingerprint density at radius 2 is 2.07 bits per heavy atom. The Morgan fingerprint density at radius 1 is 1.30 bits per heavy atom. The predicted octanol–water partition coefficient (Wildman–Crippen LogP) is 3.06. The number of aryl methyl sites for hydroxylation is 1. The van der Waals surface area contributed by atoms with Gasteiger partial charge in [-0.3, -0.25) is 14.9 Å². The smallest absolute Gasteiger partial charge is 0.311 e. The van der Waals surface area contributed by atoms with E-state index in [1.54, 1.807) is 0 Å². The third kappa shape index (κ3) is 5.95. The van der Waals surface area contributed by atoms with E-state index in [4.69, 9.17) is 4.74 Å². The SMILES string of the molecule is CCN(CCNC(=O)COc1cc(F)ccc1[N+](=O)[O-])c1cccc(C)c1. The Balaban J connectivity index is 1.84. The van der Waals surface area contributed by atoms with Gasteiger partial charge >= 0.3 is 5.69 Å². The first kappa shape index (κ1) is 20.2. The van der Waals surface area contributed by atoms with Crippen LogP contribution < -0.4 is 15.0 Å². The molecule has 0 heterocycles. The summed E-state index contributed by atoms with van der Waals surface area (Å²) < 4.78 is 18.4. The highest BCUT2D eigenvalue weighted by Crippen LogP contribution is 2.27. The van der Waals surface area contributed by atoms with Gasteiger partial charge in [-0.15, -0.1) is 0 Å². The number of nitrogens with zero attached hydrogens (tertiary/aromatic N) is 2. The van der Waals surface area contributed by atoms with Crippen molar-refractivity contribution in [2.75, 3.05) is 31.1 Å². The van der Waals surface area contributed by atoms with E-state index in [1.807, 2.05) is 32.0 Å². The van der Waals surface area contributed by atoms with Gasteiger partial charge in [0, 0.05) is 37.5 Å². The van der Waals surface area contributed by atoms with E-state index in [2.05, 4.69) is 16.3 Å². The molecular formula is C19H22FN3O4. The Bertz CT molecular complexity index is 813. The van der Waals surface area contributed by atoms with Crippen LogP contribution in [-0.2, 0) is 4.79 Å². The van der Waals surface area contributed by atoms with Crippen LogP contribution in [0.2, 0.25) is 0 Å². The summed E-state index contributed by atoms with van der Waals surface area (Å²) in [5.74, 6) is -1.38. The molecule has 1 amide bonds. The average molecular weight is 375 g/mol. The standard InChI is InChI=1S/C19H22FN3O4/c1-3-22(16-6-4-5-14(2)11-16)10-9-21-19(24)13-27-18-12-15(20)7-8-17(18)23(25)26/h4-8,11-12H,3,9-10,13H2,1-2H3,(H,21,24). The monoisotopic (exact) mass is 375 g/mol. The molecule has 2 aromatic carbocycles. The van der Waals surface area contributed by atoms with Gasteiger partial charge in [0.25, 0.3) is 5.91 Å². The molecule has 0 aliphatic heterocycles. The Labute approximate surface area is 156 Å². The number of amides is 1. The van der Waals surface area contributed by atoms with Crippen LogP contribution in [-0.4, -0.2) is 37.1 Å². The molecule has 0 atom stereocenters. The molecule has 0 aliphatic carbocycles. The van der Waals surface area contributed by atoms with Gasteiger partial charge in [-0.25, -0.2) is 4.39 Å². The Kier molecular flexibility index (Phi) is 7.10. The number of nitrogens with one attached hydrogen (secondary N) is 1. The molecule has 0 radical (unpaired) electrons. The number of nitro benzene ring substituents is 1. The number of hydrogen-bond donors (Lipinski definition) is 1. The molecule has 0 bridgehead atoms. The number of carbonyl (C=O) groups is 1. The van der Waals surface area contributed by atoms with Crippen LogP contribution >= 0.6 is 0 Å². The number of benzene rings is 2. The zero-order chi connectivity index (χ0) is 19.8. The number of rotatable bonds is 9. The van der Waals surface area contributed by atoms with Crippen molar-refractivity contribution in [1.29, 1.82) is 0 Å². The molecule has 0 unspecified atom stereocenters. The van der Waals surface area contributed by atoms with Gasteiger partial charge in [0.15, 0.2) is 6.61 Å². The molecule has 0 saturated carbocycles. The van der Waals surface area contributed by atoms with Crippen molar-refractivity contribution < 1.29 is 18.8 Å². The summed E-state index contributed by atoms with van der Waals surface area (Å²) in [5.41, 5.74) is 1.83. The molecule has 27 heavy (non-hydrogen) atoms. The second-order valence-corrected chi connectivity index (χ2v) is 5.93. The molecule has 0 aliphatic rings. The highest BCUT2D eigenvalue weighted by molar-refractivity contribution is 5.77. The molecule has 2 rings (SSSR count). The van der Waals surface area contributed by atoms with E-state index < -0.39 is 23.3 Å². The van der Waals surface area contributed by atoms with Gasteiger partial charge in [-0.2, -0.15) is 0 Å². The maximum absolute atomic E-state index is 13.2. The average Bonchev–Trinajstić information content (AvgIpc) is 2.63. The van der Waals surface area contributed by atoms with Crippen molar-refractivity contribution in [2.45, 2.75) is 13.8 Å². The van der Waals surface area contributed by atoms with Crippen molar-refractivity contribution in [3.63, 3.8) is 0 Å². The zero-order valence-corrected chi connectivity index (χ0v) is 15.3. The number of halogens is 1. The highest BCUT2D eigenvalue weighted by atomic mass is 19.1. The van der Waals surface area contributed by atoms with Crippen molar-refractivity contribution in [2.24, 2.45) is 0 Å². The molecule has 0 aromatic heterocycles. The third-order valence-electron chi connectivity index (χ3n) is 3.93. The summed E-state index contributed by atoms with van der Waals surface area (Å²) in [7, 11) is 0. The Morgan fingerprint density at radius 3 is 2.74 bits per heavy atom. The van der Waals surface area contributed by atoms with E-state index >= 15 is 0 Å². The molecule has 7 nitrogen and oxygen atoms in total. The largest absolute Gasteiger partial charge is 0.477 e. The summed E-state index contributed by atoms with van der Waals surface area (Å²) in [5, 5.41) is 13.6. The summed E-state index contributed by atoms with van der Waals surface area (Å²) in [4.78, 5) is 24.3.